The molecule has 1 aliphatic rings. The van der Waals surface area contributed by atoms with Crippen LogP contribution < -0.4 is 15.0 Å². The van der Waals surface area contributed by atoms with Gasteiger partial charge in [-0.15, -0.1) is 0 Å². The minimum Gasteiger partial charge on any atom is -0.495 e. The molecule has 2 rings (SSSR count). The highest BCUT2D eigenvalue weighted by Gasteiger charge is 2.34. The fourth-order valence-corrected chi connectivity index (χ4v) is 2.36. The summed E-state index contributed by atoms with van der Waals surface area (Å²) in [6, 6.07) is 5.23. The summed E-state index contributed by atoms with van der Waals surface area (Å²) in [5.74, 6) is 0.550. The molecule has 0 aromatic heterocycles. The summed E-state index contributed by atoms with van der Waals surface area (Å²) < 4.78 is 5.34. The van der Waals surface area contributed by atoms with Crippen LogP contribution in [0.2, 0.25) is 0 Å². The van der Waals surface area contributed by atoms with E-state index in [9.17, 15) is 9.90 Å². The van der Waals surface area contributed by atoms with Gasteiger partial charge in [0, 0.05) is 12.6 Å². The van der Waals surface area contributed by atoms with E-state index in [1.807, 2.05) is 32.0 Å². The molecule has 2 unspecified atom stereocenters. The van der Waals surface area contributed by atoms with Crippen molar-refractivity contribution in [2.45, 2.75) is 25.9 Å². The van der Waals surface area contributed by atoms with Gasteiger partial charge in [-0.05, 0) is 31.5 Å². The summed E-state index contributed by atoms with van der Waals surface area (Å²) >= 11 is 0. The van der Waals surface area contributed by atoms with Gasteiger partial charge in [0.2, 0.25) is 5.91 Å². The van der Waals surface area contributed by atoms with Crippen LogP contribution in [0.5, 0.6) is 5.75 Å². The molecule has 5 heteroatoms. The molecule has 1 fully saturated rings. The Labute approximate surface area is 113 Å². The first kappa shape index (κ1) is 13.8. The Morgan fingerprint density at radius 3 is 2.89 bits per heavy atom. The molecular formula is C14H20N2O3. The molecule has 0 radical (unpaired) electrons. The highest BCUT2D eigenvalue weighted by Crippen LogP contribution is 2.32. The number of piperazine rings is 1. The Balaban J connectivity index is 2.42. The number of hydrogen-bond donors (Lipinski definition) is 2. The molecule has 1 aromatic rings. The van der Waals surface area contributed by atoms with Gasteiger partial charge in [-0.2, -0.15) is 0 Å². The SMILES string of the molecule is COc1ccc(C)cc1N1C(=O)C(CO)NCC1C. The molecule has 1 amide bonds. The number of nitrogens with zero attached hydrogens (tertiary/aromatic N) is 1. The fraction of sp³-hybridized carbons (Fsp3) is 0.500. The number of methoxy groups -OCH3 is 1. The van der Waals surface area contributed by atoms with Gasteiger partial charge in [0.25, 0.3) is 0 Å². The van der Waals surface area contributed by atoms with Crippen LogP contribution in [0, 0.1) is 6.92 Å². The zero-order valence-corrected chi connectivity index (χ0v) is 11.5. The second kappa shape index (κ2) is 5.59. The van der Waals surface area contributed by atoms with Gasteiger partial charge in [-0.3, -0.25) is 4.79 Å². The van der Waals surface area contributed by atoms with Crippen molar-refractivity contribution in [3.05, 3.63) is 23.8 Å². The van der Waals surface area contributed by atoms with Gasteiger partial charge in [0.15, 0.2) is 0 Å². The van der Waals surface area contributed by atoms with Gasteiger partial charge in [0.05, 0.1) is 19.4 Å². The molecule has 0 aliphatic carbocycles. The van der Waals surface area contributed by atoms with Crippen LogP contribution in [0.15, 0.2) is 18.2 Å². The lowest BCUT2D eigenvalue weighted by atomic mass is 10.1. The maximum absolute atomic E-state index is 12.4. The smallest absolute Gasteiger partial charge is 0.246 e. The van der Waals surface area contributed by atoms with Crippen LogP contribution in [0.3, 0.4) is 0 Å². The van der Waals surface area contributed by atoms with Crippen LogP contribution in [0.1, 0.15) is 12.5 Å². The van der Waals surface area contributed by atoms with Crippen molar-refractivity contribution in [2.24, 2.45) is 0 Å². The van der Waals surface area contributed by atoms with E-state index in [4.69, 9.17) is 4.74 Å². The molecule has 104 valence electrons. The van der Waals surface area contributed by atoms with Crippen molar-refractivity contribution in [1.82, 2.24) is 5.32 Å². The third-order valence-corrected chi connectivity index (χ3v) is 3.41. The number of anilines is 1. The van der Waals surface area contributed by atoms with Crippen molar-refractivity contribution in [1.29, 1.82) is 0 Å². The van der Waals surface area contributed by atoms with Crippen LogP contribution in [0.4, 0.5) is 5.69 Å². The molecule has 2 N–H and O–H groups in total. The summed E-state index contributed by atoms with van der Waals surface area (Å²) in [5.41, 5.74) is 1.83. The van der Waals surface area contributed by atoms with E-state index in [1.54, 1.807) is 12.0 Å². The summed E-state index contributed by atoms with van der Waals surface area (Å²) in [4.78, 5) is 14.1. The van der Waals surface area contributed by atoms with E-state index in [1.165, 1.54) is 0 Å². The van der Waals surface area contributed by atoms with E-state index in [-0.39, 0.29) is 18.6 Å². The van der Waals surface area contributed by atoms with E-state index in [0.29, 0.717) is 12.3 Å². The number of nitrogens with one attached hydrogen (secondary N) is 1. The largest absolute Gasteiger partial charge is 0.495 e. The zero-order chi connectivity index (χ0) is 14.0. The topological polar surface area (TPSA) is 61.8 Å². The van der Waals surface area contributed by atoms with Gasteiger partial charge in [0.1, 0.15) is 11.8 Å². The minimum atomic E-state index is -0.540. The maximum atomic E-state index is 12.4. The normalized spacial score (nSPS) is 23.6. The Morgan fingerprint density at radius 1 is 1.53 bits per heavy atom. The lowest BCUT2D eigenvalue weighted by Crippen LogP contribution is -2.60. The van der Waals surface area contributed by atoms with Crippen LogP contribution in [-0.4, -0.2) is 43.4 Å². The standard InChI is InChI=1S/C14H20N2O3/c1-9-4-5-13(19-3)12(6-9)16-10(2)7-15-11(8-17)14(16)18/h4-6,10-11,15,17H,7-8H2,1-3H3. The van der Waals surface area contributed by atoms with Crippen LogP contribution in [0.25, 0.3) is 0 Å². The number of benzene rings is 1. The lowest BCUT2D eigenvalue weighted by Gasteiger charge is -2.38. The monoisotopic (exact) mass is 264 g/mol. The first-order valence-corrected chi connectivity index (χ1v) is 6.40. The number of rotatable bonds is 3. The predicted octanol–water partition coefficient (Wildman–Crippen LogP) is 0.689. The second-order valence-electron chi connectivity index (χ2n) is 4.88. The van der Waals surface area contributed by atoms with Crippen LogP contribution in [-0.2, 0) is 4.79 Å². The number of aliphatic hydroxyl groups is 1. The van der Waals surface area contributed by atoms with Crippen molar-refractivity contribution in [2.75, 3.05) is 25.2 Å². The molecule has 5 nitrogen and oxygen atoms in total. The zero-order valence-electron chi connectivity index (χ0n) is 11.5. The Kier molecular flexibility index (Phi) is 4.07. The summed E-state index contributed by atoms with van der Waals surface area (Å²) in [6.07, 6.45) is 0. The van der Waals surface area contributed by atoms with Gasteiger partial charge < -0.3 is 20.1 Å². The number of ether oxygens (including phenoxy) is 1. The summed E-state index contributed by atoms with van der Waals surface area (Å²) in [5, 5.41) is 12.3. The Bertz CT molecular complexity index is 476. The van der Waals surface area contributed by atoms with E-state index in [0.717, 1.165) is 11.3 Å². The van der Waals surface area contributed by atoms with Gasteiger partial charge >= 0.3 is 0 Å². The Morgan fingerprint density at radius 2 is 2.26 bits per heavy atom. The minimum absolute atomic E-state index is 0.0194. The number of aryl methyl sites for hydroxylation is 1. The fourth-order valence-electron chi connectivity index (χ4n) is 2.36. The highest BCUT2D eigenvalue weighted by molar-refractivity contribution is 6.00. The lowest BCUT2D eigenvalue weighted by molar-refractivity contribution is -0.123. The molecule has 2 atom stereocenters. The van der Waals surface area contributed by atoms with Crippen molar-refractivity contribution in [3.63, 3.8) is 0 Å². The quantitative estimate of drug-likeness (QED) is 0.843. The molecule has 1 aromatic carbocycles. The number of carbonyl (C=O) groups excluding carboxylic acids is 1. The molecule has 1 aliphatic heterocycles. The predicted molar refractivity (Wildman–Crippen MR) is 73.6 cm³/mol. The van der Waals surface area contributed by atoms with E-state index >= 15 is 0 Å². The molecular weight excluding hydrogens is 244 g/mol. The van der Waals surface area contributed by atoms with Crippen LogP contribution >= 0.6 is 0 Å². The van der Waals surface area contributed by atoms with Gasteiger partial charge in [-0.1, -0.05) is 6.07 Å². The highest BCUT2D eigenvalue weighted by atomic mass is 16.5. The molecule has 0 bridgehead atoms. The number of amides is 1. The van der Waals surface area contributed by atoms with E-state index < -0.39 is 6.04 Å². The third-order valence-electron chi connectivity index (χ3n) is 3.41. The maximum Gasteiger partial charge on any atom is 0.246 e. The number of aliphatic hydroxyl groups excluding tert-OH is 1. The average Bonchev–Trinajstić information content (AvgIpc) is 2.39. The Hall–Kier alpha value is -1.59. The molecule has 1 heterocycles. The first-order valence-electron chi connectivity index (χ1n) is 6.40. The third kappa shape index (κ3) is 2.57. The summed E-state index contributed by atoms with van der Waals surface area (Å²) in [6.45, 7) is 4.40. The van der Waals surface area contributed by atoms with Gasteiger partial charge in [-0.25, -0.2) is 0 Å². The molecule has 0 spiro atoms. The summed E-state index contributed by atoms with van der Waals surface area (Å²) in [7, 11) is 1.59. The molecule has 19 heavy (non-hydrogen) atoms. The van der Waals surface area contributed by atoms with Crippen molar-refractivity contribution >= 4 is 11.6 Å². The van der Waals surface area contributed by atoms with E-state index in [2.05, 4.69) is 5.32 Å². The second-order valence-corrected chi connectivity index (χ2v) is 4.88. The molecule has 1 saturated heterocycles. The van der Waals surface area contributed by atoms with Crippen molar-refractivity contribution in [3.8, 4) is 5.75 Å². The molecule has 0 saturated carbocycles. The number of carbonyl (C=O) groups is 1. The van der Waals surface area contributed by atoms with Crippen molar-refractivity contribution < 1.29 is 14.6 Å². The number of hydrogen-bond acceptors (Lipinski definition) is 4. The average molecular weight is 264 g/mol. The first-order chi connectivity index (χ1) is 9.08.